The maximum Gasteiger partial charge on any atom is 0.244 e. The smallest absolute Gasteiger partial charge is 0.244 e. The molecule has 140 valence electrons. The lowest BCUT2D eigenvalue weighted by molar-refractivity contribution is -0.116. The van der Waals surface area contributed by atoms with Gasteiger partial charge >= 0.3 is 0 Å². The second kappa shape index (κ2) is 7.20. The van der Waals surface area contributed by atoms with E-state index in [0.717, 1.165) is 38.9 Å². The molecule has 0 radical (unpaired) electrons. The van der Waals surface area contributed by atoms with Gasteiger partial charge in [-0.2, -0.15) is 0 Å². The van der Waals surface area contributed by atoms with Crippen LogP contribution in [0.3, 0.4) is 0 Å². The molecule has 5 heteroatoms. The minimum absolute atomic E-state index is 0.0974. The summed E-state index contributed by atoms with van der Waals surface area (Å²) < 4.78 is 1.95. The van der Waals surface area contributed by atoms with Crippen LogP contribution in [-0.2, 0) is 11.3 Å². The number of amides is 1. The Kier molecular flexibility index (Phi) is 4.26. The molecule has 0 spiro atoms. The van der Waals surface area contributed by atoms with Crippen LogP contribution < -0.4 is 5.32 Å². The fourth-order valence-corrected chi connectivity index (χ4v) is 3.62. The highest BCUT2D eigenvalue weighted by molar-refractivity contribution is 6.02. The van der Waals surface area contributed by atoms with Crippen molar-refractivity contribution in [1.82, 2.24) is 14.5 Å². The Bertz CT molecular complexity index is 1320. The fourth-order valence-electron chi connectivity index (χ4n) is 3.62. The molecule has 0 aliphatic carbocycles. The summed E-state index contributed by atoms with van der Waals surface area (Å²) in [6.07, 6.45) is 3.46. The zero-order chi connectivity index (χ0) is 19.6. The number of carbonyl (C=O) groups is 1. The normalized spacial score (nSPS) is 11.0. The van der Waals surface area contributed by atoms with Crippen molar-refractivity contribution < 1.29 is 4.79 Å². The lowest BCUT2D eigenvalue weighted by atomic mass is 10.1. The first-order chi connectivity index (χ1) is 14.3. The van der Waals surface area contributed by atoms with E-state index in [2.05, 4.69) is 10.3 Å². The average Bonchev–Trinajstić information content (AvgIpc) is 3.13. The highest BCUT2D eigenvalue weighted by Crippen LogP contribution is 2.26. The van der Waals surface area contributed by atoms with Crippen LogP contribution in [0.4, 0.5) is 5.69 Å². The molecule has 29 heavy (non-hydrogen) atoms. The molecule has 0 unspecified atom stereocenters. The number of carbonyl (C=O) groups excluding carboxylic acids is 1. The summed E-state index contributed by atoms with van der Waals surface area (Å²) in [5.41, 5.74) is 3.52. The van der Waals surface area contributed by atoms with Crippen molar-refractivity contribution in [2.45, 2.75) is 6.54 Å². The van der Waals surface area contributed by atoms with Gasteiger partial charge < -0.3 is 9.88 Å². The number of imidazole rings is 1. The number of hydrogen-bond acceptors (Lipinski definition) is 3. The highest BCUT2D eigenvalue weighted by atomic mass is 16.1. The van der Waals surface area contributed by atoms with Crippen LogP contribution in [-0.4, -0.2) is 20.4 Å². The third-order valence-corrected chi connectivity index (χ3v) is 4.96. The molecule has 2 heterocycles. The molecular weight excluding hydrogens is 360 g/mol. The molecule has 5 aromatic rings. The van der Waals surface area contributed by atoms with Crippen LogP contribution in [0.25, 0.3) is 33.2 Å². The van der Waals surface area contributed by atoms with Crippen molar-refractivity contribution in [2.75, 3.05) is 5.32 Å². The third-order valence-electron chi connectivity index (χ3n) is 4.96. The van der Waals surface area contributed by atoms with Crippen molar-refractivity contribution >= 4 is 33.4 Å². The molecule has 1 amide bonds. The Balaban J connectivity index is 1.52. The number of nitrogens with one attached hydrogen (secondary N) is 1. The van der Waals surface area contributed by atoms with Gasteiger partial charge in [0.25, 0.3) is 0 Å². The Morgan fingerprint density at radius 1 is 0.862 bits per heavy atom. The van der Waals surface area contributed by atoms with Gasteiger partial charge in [-0.1, -0.05) is 48.5 Å². The van der Waals surface area contributed by atoms with Gasteiger partial charge in [-0.25, -0.2) is 4.98 Å². The maximum absolute atomic E-state index is 13.0. The molecule has 0 saturated heterocycles. The Hall–Kier alpha value is -3.99. The van der Waals surface area contributed by atoms with Gasteiger partial charge in [0.2, 0.25) is 5.91 Å². The molecule has 0 bridgehead atoms. The first kappa shape index (κ1) is 17.1. The molecule has 5 nitrogen and oxygen atoms in total. The van der Waals surface area contributed by atoms with E-state index in [9.17, 15) is 4.79 Å². The van der Waals surface area contributed by atoms with Gasteiger partial charge in [0, 0.05) is 29.0 Å². The minimum atomic E-state index is -0.0974. The third kappa shape index (κ3) is 3.23. The maximum atomic E-state index is 13.0. The summed E-state index contributed by atoms with van der Waals surface area (Å²) in [5.74, 6) is 0.654. The van der Waals surface area contributed by atoms with Crippen molar-refractivity contribution in [3.05, 3.63) is 91.3 Å². The summed E-state index contributed by atoms with van der Waals surface area (Å²) in [4.78, 5) is 21.8. The molecular formula is C24H18N4O. The van der Waals surface area contributed by atoms with Gasteiger partial charge in [0.05, 0.1) is 11.0 Å². The van der Waals surface area contributed by atoms with E-state index in [4.69, 9.17) is 4.98 Å². The summed E-state index contributed by atoms with van der Waals surface area (Å²) in [5, 5.41) is 5.18. The lowest BCUT2D eigenvalue weighted by Gasteiger charge is -2.12. The molecule has 0 saturated carbocycles. The van der Waals surface area contributed by atoms with E-state index in [-0.39, 0.29) is 12.5 Å². The van der Waals surface area contributed by atoms with Crippen molar-refractivity contribution in [2.24, 2.45) is 0 Å². The number of pyridine rings is 1. The summed E-state index contributed by atoms with van der Waals surface area (Å²) in [6.45, 7) is 0.168. The van der Waals surface area contributed by atoms with Crippen molar-refractivity contribution in [3.63, 3.8) is 0 Å². The number of benzene rings is 3. The van der Waals surface area contributed by atoms with Crippen LogP contribution in [0.1, 0.15) is 0 Å². The fraction of sp³-hybridized carbons (Fsp3) is 0.0417. The Morgan fingerprint density at radius 3 is 2.52 bits per heavy atom. The largest absolute Gasteiger partial charge is 0.324 e. The van der Waals surface area contributed by atoms with Gasteiger partial charge in [0.1, 0.15) is 12.4 Å². The standard InChI is InChI=1S/C24H18N4O/c29-23(26-20-10-5-7-17-6-1-2-8-19(17)20)16-28-22-11-4-3-9-21(22)27-24(28)18-12-14-25-15-13-18/h1-15H,16H2,(H,26,29). The zero-order valence-electron chi connectivity index (χ0n) is 15.6. The van der Waals surface area contributed by atoms with Crippen LogP contribution in [0.5, 0.6) is 0 Å². The van der Waals surface area contributed by atoms with Crippen molar-refractivity contribution in [3.8, 4) is 11.4 Å². The second-order valence-corrected chi connectivity index (χ2v) is 6.82. The van der Waals surface area contributed by atoms with E-state index in [1.54, 1.807) is 12.4 Å². The minimum Gasteiger partial charge on any atom is -0.324 e. The van der Waals surface area contributed by atoms with Crippen LogP contribution in [0.15, 0.2) is 91.3 Å². The number of fused-ring (bicyclic) bond motifs is 2. The molecule has 0 fully saturated rings. The molecule has 0 atom stereocenters. The predicted octanol–water partition coefficient (Wildman–Crippen LogP) is 4.89. The number of anilines is 1. The monoisotopic (exact) mass is 378 g/mol. The lowest BCUT2D eigenvalue weighted by Crippen LogP contribution is -2.19. The van der Waals surface area contributed by atoms with E-state index in [1.807, 2.05) is 83.4 Å². The predicted molar refractivity (Wildman–Crippen MR) is 116 cm³/mol. The number of para-hydroxylation sites is 2. The summed E-state index contributed by atoms with van der Waals surface area (Å²) in [7, 11) is 0. The van der Waals surface area contributed by atoms with E-state index < -0.39 is 0 Å². The zero-order valence-corrected chi connectivity index (χ0v) is 15.6. The molecule has 2 aromatic heterocycles. The number of nitrogens with zero attached hydrogens (tertiary/aromatic N) is 3. The van der Waals surface area contributed by atoms with Gasteiger partial charge in [-0.15, -0.1) is 0 Å². The van der Waals surface area contributed by atoms with Crippen LogP contribution in [0, 0.1) is 0 Å². The first-order valence-electron chi connectivity index (χ1n) is 9.43. The molecule has 1 N–H and O–H groups in total. The molecule has 0 aliphatic heterocycles. The Labute approximate surface area is 167 Å². The SMILES string of the molecule is O=C(Cn1c(-c2ccncc2)nc2ccccc21)Nc1cccc2ccccc12. The van der Waals surface area contributed by atoms with Crippen LogP contribution in [0.2, 0.25) is 0 Å². The van der Waals surface area contributed by atoms with E-state index >= 15 is 0 Å². The average molecular weight is 378 g/mol. The number of aromatic nitrogens is 3. The number of hydrogen-bond donors (Lipinski definition) is 1. The van der Waals surface area contributed by atoms with Crippen molar-refractivity contribution in [1.29, 1.82) is 0 Å². The van der Waals surface area contributed by atoms with Crippen LogP contribution >= 0.6 is 0 Å². The first-order valence-corrected chi connectivity index (χ1v) is 9.43. The quantitative estimate of drug-likeness (QED) is 0.484. The van der Waals surface area contributed by atoms with E-state index in [0.29, 0.717) is 0 Å². The van der Waals surface area contributed by atoms with E-state index in [1.165, 1.54) is 0 Å². The molecule has 0 aliphatic rings. The Morgan fingerprint density at radius 2 is 1.62 bits per heavy atom. The van der Waals surface area contributed by atoms with Gasteiger partial charge in [0.15, 0.2) is 0 Å². The molecule has 3 aromatic carbocycles. The highest BCUT2D eigenvalue weighted by Gasteiger charge is 2.15. The topological polar surface area (TPSA) is 59.8 Å². The summed E-state index contributed by atoms with van der Waals surface area (Å²) >= 11 is 0. The molecule has 5 rings (SSSR count). The number of rotatable bonds is 4. The second-order valence-electron chi connectivity index (χ2n) is 6.82. The van der Waals surface area contributed by atoms with Gasteiger partial charge in [-0.05, 0) is 35.7 Å². The summed E-state index contributed by atoms with van der Waals surface area (Å²) in [6, 6.07) is 25.6. The van der Waals surface area contributed by atoms with Gasteiger partial charge in [-0.3, -0.25) is 9.78 Å².